The van der Waals surface area contributed by atoms with Crippen LogP contribution in [0.1, 0.15) is 168 Å². The Labute approximate surface area is 589 Å². The Hall–Kier alpha value is -10.5. The second-order valence-corrected chi connectivity index (χ2v) is 28.2. The molecule has 101 heavy (non-hydrogen) atoms. The topological polar surface area (TPSA) is 358 Å². The average Bonchev–Trinajstić information content (AvgIpc) is 1.61. The highest BCUT2D eigenvalue weighted by molar-refractivity contribution is 5.98. The van der Waals surface area contributed by atoms with Crippen LogP contribution in [0.5, 0.6) is 0 Å². The molecule has 542 valence electrons. The van der Waals surface area contributed by atoms with Gasteiger partial charge in [0, 0.05) is 25.2 Å². The van der Waals surface area contributed by atoms with E-state index in [1.165, 1.54) is 6.92 Å². The van der Waals surface area contributed by atoms with E-state index in [4.69, 9.17) is 24.1 Å². The van der Waals surface area contributed by atoms with E-state index >= 15 is 14.4 Å². The molecule has 1 aliphatic carbocycles. The number of ether oxygens (including phenoxy) is 4. The fourth-order valence-electron chi connectivity index (χ4n) is 11.5. The van der Waals surface area contributed by atoms with Gasteiger partial charge in [-0.2, -0.15) is 0 Å². The lowest BCUT2D eigenvalue weighted by Crippen LogP contribution is -2.60. The summed E-state index contributed by atoms with van der Waals surface area (Å²) < 4.78 is 22.4. The van der Waals surface area contributed by atoms with Crippen molar-refractivity contribution in [2.75, 3.05) is 13.2 Å². The molecule has 0 spiro atoms. The van der Waals surface area contributed by atoms with Crippen molar-refractivity contribution >= 4 is 71.3 Å². The molecule has 6 rings (SSSR count). The van der Waals surface area contributed by atoms with Crippen LogP contribution in [0, 0.1) is 5.92 Å². The number of carbonyl (C=O) groups excluding carboxylic acids is 11. The van der Waals surface area contributed by atoms with Crippen LogP contribution in [-0.4, -0.2) is 143 Å². The monoisotopic (exact) mass is 1390 g/mol. The molecule has 5 aromatic rings. The molecule has 8 amide bonds. The minimum atomic E-state index is -1.85. The van der Waals surface area contributed by atoms with Crippen molar-refractivity contribution in [3.8, 4) is 11.1 Å². The number of amides is 8. The Morgan fingerprint density at radius 2 is 0.792 bits per heavy atom. The second kappa shape index (κ2) is 36.0. The lowest BCUT2D eigenvalue weighted by Gasteiger charge is -2.37. The molecule has 0 saturated heterocycles. The average molecular weight is 1390 g/mol. The first-order valence-electron chi connectivity index (χ1n) is 33.8. The first-order chi connectivity index (χ1) is 47.5. The number of benzene rings is 5. The summed E-state index contributed by atoms with van der Waals surface area (Å²) in [7, 11) is 0. The lowest BCUT2D eigenvalue weighted by atomic mass is 9.77. The number of rotatable bonds is 33. The van der Waals surface area contributed by atoms with Gasteiger partial charge >= 0.3 is 30.0 Å². The van der Waals surface area contributed by atoms with Crippen molar-refractivity contribution in [2.24, 2.45) is 5.92 Å². The molecule has 0 unspecified atom stereocenters. The van der Waals surface area contributed by atoms with Crippen LogP contribution in [0.2, 0.25) is 0 Å². The third-order valence-corrected chi connectivity index (χ3v) is 15.9. The number of aliphatic carboxylic acids is 1. The van der Waals surface area contributed by atoms with Crippen molar-refractivity contribution < 1.29 is 81.6 Å². The third-order valence-electron chi connectivity index (χ3n) is 15.9. The Morgan fingerprint density at radius 1 is 0.426 bits per heavy atom. The zero-order valence-corrected chi connectivity index (χ0v) is 59.4. The van der Waals surface area contributed by atoms with E-state index in [0.717, 1.165) is 22.3 Å². The van der Waals surface area contributed by atoms with Gasteiger partial charge in [0.2, 0.25) is 41.4 Å². The first-order valence-corrected chi connectivity index (χ1v) is 33.8. The normalized spacial score (nSPS) is 13.9. The van der Waals surface area contributed by atoms with Gasteiger partial charge in [0.05, 0.1) is 6.42 Å². The Bertz CT molecular complexity index is 3590. The van der Waals surface area contributed by atoms with Crippen LogP contribution >= 0.6 is 0 Å². The van der Waals surface area contributed by atoms with Crippen LogP contribution in [-0.2, 0) is 77.2 Å². The molecule has 0 aromatic heterocycles. The molecule has 0 fully saturated rings. The molecular formula is C76H96N8O17. The predicted molar refractivity (Wildman–Crippen MR) is 375 cm³/mol. The highest BCUT2D eigenvalue weighted by atomic mass is 16.6. The second-order valence-electron chi connectivity index (χ2n) is 28.2. The van der Waals surface area contributed by atoms with Crippen LogP contribution < -0.4 is 42.5 Å². The fourth-order valence-corrected chi connectivity index (χ4v) is 11.5. The summed E-state index contributed by atoms with van der Waals surface area (Å²) in [6.07, 6.45) is -4.87. The number of carbonyl (C=O) groups is 12. The molecule has 0 saturated carbocycles. The third kappa shape index (κ3) is 24.7. The van der Waals surface area contributed by atoms with Gasteiger partial charge in [0.1, 0.15) is 71.7 Å². The summed E-state index contributed by atoms with van der Waals surface area (Å²) in [4.78, 5) is 168. The van der Waals surface area contributed by atoms with Gasteiger partial charge in [0.25, 0.3) is 0 Å². The number of hydrogen-bond acceptors (Lipinski definition) is 16. The minimum Gasteiger partial charge on any atom is -0.480 e. The number of carboxylic acids is 1. The van der Waals surface area contributed by atoms with Crippen molar-refractivity contribution in [1.29, 1.82) is 0 Å². The van der Waals surface area contributed by atoms with Crippen molar-refractivity contribution in [3.63, 3.8) is 0 Å². The van der Waals surface area contributed by atoms with Gasteiger partial charge in [-0.05, 0) is 140 Å². The summed E-state index contributed by atoms with van der Waals surface area (Å²) in [6.45, 7) is 18.2. The van der Waals surface area contributed by atoms with Crippen molar-refractivity contribution in [2.45, 2.75) is 199 Å². The van der Waals surface area contributed by atoms with E-state index in [-0.39, 0.29) is 24.9 Å². The first kappa shape index (κ1) is 79.5. The Balaban J connectivity index is 1.37. The molecule has 25 nitrogen and oxygen atoms in total. The maximum absolute atomic E-state index is 15.4. The van der Waals surface area contributed by atoms with Gasteiger partial charge in [-0.15, -0.1) is 0 Å². The zero-order chi connectivity index (χ0) is 74.4. The van der Waals surface area contributed by atoms with Crippen molar-refractivity contribution in [1.82, 2.24) is 42.5 Å². The summed E-state index contributed by atoms with van der Waals surface area (Å²) >= 11 is 0. The molecule has 6 atom stereocenters. The van der Waals surface area contributed by atoms with Crippen LogP contribution in [0.3, 0.4) is 0 Å². The number of nitrogens with one attached hydrogen (secondary N) is 8. The highest BCUT2D eigenvalue weighted by Gasteiger charge is 2.40. The molecule has 0 bridgehead atoms. The van der Waals surface area contributed by atoms with E-state index in [9.17, 15) is 43.2 Å². The van der Waals surface area contributed by atoms with E-state index in [2.05, 4.69) is 42.5 Å². The van der Waals surface area contributed by atoms with Crippen molar-refractivity contribution in [3.05, 3.63) is 167 Å². The molecule has 0 radical (unpaired) electrons. The maximum atomic E-state index is 15.4. The van der Waals surface area contributed by atoms with Gasteiger partial charge in [0.15, 0.2) is 0 Å². The standard InChI is InChI=1S/C76H96N8O17/c1-46(2)42-59(83-72(97)98-45-55-53-34-24-22-32-51(53)52-33-23-25-35-54(52)55)71(96)81-56(36-39-61(85)84-76(48-26-16-13-17-27-48,49-28-18-14-19-29-49)50-30-20-15-21-31-50)67(92)79-57(37-40-63(88)99-73(4,5)6)68(93)80-58(38-41-64(89)100-74(7,8)9)69(94)82-60(43-65(90)101-75(10,11)12)70(95)78-47(3)66(91)77-44-62(86)87/h13-35,46-47,55-60H,36-45H2,1-12H3,(H,77,91)(H,78,95)(H,79,92)(H,80,93)(H,81,96)(H,82,94)(H,83,97)(H,84,85)(H,86,87)/t47-,56-,57-,58-,59-,60-/m0/s1. The van der Waals surface area contributed by atoms with Gasteiger partial charge in [-0.3, -0.25) is 52.7 Å². The van der Waals surface area contributed by atoms with Gasteiger partial charge in [-0.1, -0.05) is 153 Å². The maximum Gasteiger partial charge on any atom is 0.407 e. The summed E-state index contributed by atoms with van der Waals surface area (Å²) in [5.41, 5.74) is 1.43. The van der Waals surface area contributed by atoms with E-state index in [1.54, 1.807) is 62.3 Å². The van der Waals surface area contributed by atoms with Gasteiger partial charge in [-0.25, -0.2) is 4.79 Å². The minimum absolute atomic E-state index is 0.0215. The summed E-state index contributed by atoms with van der Waals surface area (Å²) in [5, 5.41) is 29.9. The zero-order valence-electron chi connectivity index (χ0n) is 59.4. The van der Waals surface area contributed by atoms with Gasteiger partial charge < -0.3 is 66.6 Å². The molecule has 1 aliphatic rings. The van der Waals surface area contributed by atoms with E-state index in [0.29, 0.717) is 16.7 Å². The van der Waals surface area contributed by atoms with Crippen LogP contribution in [0.4, 0.5) is 4.79 Å². The lowest BCUT2D eigenvalue weighted by molar-refractivity contribution is -0.157. The molecular weight excluding hydrogens is 1300 g/mol. The van der Waals surface area contributed by atoms with Crippen LogP contribution in [0.25, 0.3) is 11.1 Å². The Kier molecular flexibility index (Phi) is 28.4. The number of fused-ring (bicyclic) bond motifs is 3. The fraction of sp³-hybridized carbons (Fsp3) is 0.447. The number of alkyl carbamates (subject to hydrolysis) is 1. The number of carboxylic acid groups (broad SMARTS) is 1. The largest absolute Gasteiger partial charge is 0.480 e. The summed E-state index contributed by atoms with van der Waals surface area (Å²) in [5.74, 6) is -11.6. The molecule has 0 heterocycles. The summed E-state index contributed by atoms with van der Waals surface area (Å²) in [6, 6.07) is 33.2. The Morgan fingerprint density at radius 3 is 1.20 bits per heavy atom. The highest BCUT2D eigenvalue weighted by Crippen LogP contribution is 2.45. The van der Waals surface area contributed by atoms with E-state index in [1.807, 2.05) is 153 Å². The molecule has 25 heteroatoms. The van der Waals surface area contributed by atoms with E-state index < -0.39 is 181 Å². The smallest absolute Gasteiger partial charge is 0.407 e. The van der Waals surface area contributed by atoms with Crippen LogP contribution in [0.15, 0.2) is 140 Å². The SMILES string of the molecule is CC(C)C[C@H](NC(=O)OCC1c2ccccc2-c2ccccc21)C(=O)N[C@@H](CCC(=O)NC(c1ccccc1)(c1ccccc1)c1ccccc1)C(=O)N[C@@H](CCC(=O)OC(C)(C)C)C(=O)N[C@@H](CCC(=O)OC(C)(C)C)C(=O)N[C@@H](CC(=O)OC(C)(C)C)C(=O)N[C@@H](C)C(=O)NCC(=O)O. The molecule has 9 N–H and O–H groups in total. The number of hydrogen-bond donors (Lipinski definition) is 9. The molecule has 5 aromatic carbocycles. The number of esters is 3. The quantitative estimate of drug-likeness (QED) is 0.0112. The molecule has 0 aliphatic heterocycles. The predicted octanol–water partition coefficient (Wildman–Crippen LogP) is 7.45.